The summed E-state index contributed by atoms with van der Waals surface area (Å²) < 4.78 is 23.4. The van der Waals surface area contributed by atoms with E-state index < -0.39 is 7.12 Å². The van der Waals surface area contributed by atoms with Gasteiger partial charge in [-0.2, -0.15) is 0 Å². The van der Waals surface area contributed by atoms with E-state index in [1.807, 2.05) is 52.0 Å². The minimum absolute atomic E-state index is 0.366. The first kappa shape index (κ1) is 15.5. The van der Waals surface area contributed by atoms with Crippen LogP contribution in [0.1, 0.15) is 27.7 Å². The van der Waals surface area contributed by atoms with Crippen molar-refractivity contribution in [3.05, 3.63) is 30.5 Å². The molecule has 1 aliphatic rings. The Morgan fingerprint density at radius 1 is 1.00 bits per heavy atom. The fourth-order valence-corrected chi connectivity index (χ4v) is 2.88. The number of furan rings is 1. The average molecular weight is 325 g/mol. The Bertz CT molecular complexity index is 915. The molecule has 0 atom stereocenters. The molecule has 3 heterocycles. The van der Waals surface area contributed by atoms with Gasteiger partial charge in [0, 0.05) is 11.5 Å². The van der Waals surface area contributed by atoms with Crippen LogP contribution >= 0.6 is 0 Å². The Labute approximate surface area is 141 Å². The van der Waals surface area contributed by atoms with E-state index in [1.54, 1.807) is 13.3 Å². The first-order valence-electron chi connectivity index (χ1n) is 8.02. The van der Waals surface area contributed by atoms with Crippen molar-refractivity contribution in [3.63, 3.8) is 0 Å². The molecule has 0 amide bonds. The second kappa shape index (κ2) is 4.97. The molecular formula is C18H20BNO4. The van der Waals surface area contributed by atoms with Gasteiger partial charge in [0.15, 0.2) is 5.58 Å². The second-order valence-electron chi connectivity index (χ2n) is 7.17. The van der Waals surface area contributed by atoms with Crippen LogP contribution in [-0.4, -0.2) is 30.4 Å². The Balaban J connectivity index is 1.78. The van der Waals surface area contributed by atoms with Gasteiger partial charge in [0.05, 0.1) is 24.5 Å². The number of aromatic nitrogens is 1. The number of rotatable bonds is 2. The normalized spacial score (nSPS) is 19.3. The van der Waals surface area contributed by atoms with Gasteiger partial charge in [-0.1, -0.05) is 6.07 Å². The molecule has 2 aromatic heterocycles. The Hall–Kier alpha value is -2.05. The van der Waals surface area contributed by atoms with Crippen LogP contribution in [0.3, 0.4) is 0 Å². The van der Waals surface area contributed by atoms with Gasteiger partial charge in [0.1, 0.15) is 16.8 Å². The van der Waals surface area contributed by atoms with Gasteiger partial charge in [0.25, 0.3) is 0 Å². The van der Waals surface area contributed by atoms with Crippen LogP contribution in [0, 0.1) is 0 Å². The number of hydrogen-bond acceptors (Lipinski definition) is 5. The summed E-state index contributed by atoms with van der Waals surface area (Å²) in [7, 11) is 1.21. The summed E-state index contributed by atoms with van der Waals surface area (Å²) in [6.07, 6.45) is 1.69. The summed E-state index contributed by atoms with van der Waals surface area (Å²) >= 11 is 0. The van der Waals surface area contributed by atoms with E-state index in [-0.39, 0.29) is 11.2 Å². The second-order valence-corrected chi connectivity index (χ2v) is 7.17. The van der Waals surface area contributed by atoms with E-state index in [0.29, 0.717) is 11.3 Å². The Kier molecular flexibility index (Phi) is 3.21. The quantitative estimate of drug-likeness (QED) is 0.677. The van der Waals surface area contributed by atoms with Gasteiger partial charge in [-0.3, -0.25) is 0 Å². The highest BCUT2D eigenvalue weighted by Crippen LogP contribution is 2.37. The van der Waals surface area contributed by atoms with Crippen molar-refractivity contribution in [2.24, 2.45) is 0 Å². The summed E-state index contributed by atoms with van der Waals surface area (Å²) in [6.45, 7) is 8.18. The molecule has 124 valence electrons. The Morgan fingerprint density at radius 3 is 2.38 bits per heavy atom. The highest BCUT2D eigenvalue weighted by molar-refractivity contribution is 6.62. The zero-order valence-electron chi connectivity index (χ0n) is 14.5. The lowest BCUT2D eigenvalue weighted by molar-refractivity contribution is 0.00578. The van der Waals surface area contributed by atoms with Gasteiger partial charge >= 0.3 is 7.12 Å². The Morgan fingerprint density at radius 2 is 1.71 bits per heavy atom. The molecule has 0 aliphatic carbocycles. The maximum absolute atomic E-state index is 6.11. The molecular weight excluding hydrogens is 305 g/mol. The zero-order chi connectivity index (χ0) is 17.1. The molecule has 0 unspecified atom stereocenters. The standard InChI is InChI=1S/C18H20BNO4/c1-17(2)18(3,4)24-19(23-17)11-6-7-13-14(8-11)22-15-9-12(21-5)10-20-16(13)15/h6-10H,1-5H3. The molecule has 0 saturated carbocycles. The van der Waals surface area contributed by atoms with Crippen LogP contribution in [0.5, 0.6) is 5.75 Å². The third-order valence-corrected chi connectivity index (χ3v) is 5.07. The number of nitrogens with zero attached hydrogens (tertiary/aromatic N) is 1. The lowest BCUT2D eigenvalue weighted by Crippen LogP contribution is -2.41. The van der Waals surface area contributed by atoms with Crippen LogP contribution in [-0.2, 0) is 9.31 Å². The van der Waals surface area contributed by atoms with E-state index in [9.17, 15) is 0 Å². The van der Waals surface area contributed by atoms with E-state index in [1.165, 1.54) is 0 Å². The van der Waals surface area contributed by atoms with E-state index in [2.05, 4.69) is 4.98 Å². The molecule has 1 aliphatic heterocycles. The molecule has 0 bridgehead atoms. The van der Waals surface area contributed by atoms with Gasteiger partial charge in [-0.25, -0.2) is 4.98 Å². The molecule has 3 aromatic rings. The van der Waals surface area contributed by atoms with E-state index in [4.69, 9.17) is 18.5 Å². The molecule has 4 rings (SSSR count). The minimum Gasteiger partial charge on any atom is -0.495 e. The molecule has 1 aromatic carbocycles. The van der Waals surface area contributed by atoms with Gasteiger partial charge in [-0.05, 0) is 45.3 Å². The average Bonchev–Trinajstić information content (AvgIpc) is 2.99. The highest BCUT2D eigenvalue weighted by atomic mass is 16.7. The number of fused-ring (bicyclic) bond motifs is 3. The fourth-order valence-electron chi connectivity index (χ4n) is 2.88. The van der Waals surface area contributed by atoms with Crippen LogP contribution in [0.2, 0.25) is 0 Å². The lowest BCUT2D eigenvalue weighted by Gasteiger charge is -2.32. The molecule has 0 N–H and O–H groups in total. The lowest BCUT2D eigenvalue weighted by atomic mass is 9.79. The van der Waals surface area contributed by atoms with Crippen molar-refractivity contribution < 1.29 is 18.5 Å². The zero-order valence-corrected chi connectivity index (χ0v) is 14.5. The van der Waals surface area contributed by atoms with Crippen LogP contribution in [0.25, 0.3) is 22.1 Å². The van der Waals surface area contributed by atoms with Crippen molar-refractivity contribution in [1.29, 1.82) is 0 Å². The molecule has 0 spiro atoms. The topological polar surface area (TPSA) is 53.7 Å². The van der Waals surface area contributed by atoms with Gasteiger partial charge in [0.2, 0.25) is 0 Å². The first-order valence-corrected chi connectivity index (χ1v) is 8.02. The molecule has 5 nitrogen and oxygen atoms in total. The van der Waals surface area contributed by atoms with Gasteiger partial charge < -0.3 is 18.5 Å². The molecule has 0 radical (unpaired) electrons. The number of pyridine rings is 1. The fraction of sp³-hybridized carbons (Fsp3) is 0.389. The maximum atomic E-state index is 6.11. The number of hydrogen-bond donors (Lipinski definition) is 0. The van der Waals surface area contributed by atoms with Crippen molar-refractivity contribution in [2.45, 2.75) is 38.9 Å². The number of methoxy groups -OCH3 is 1. The van der Waals surface area contributed by atoms with E-state index in [0.717, 1.165) is 21.9 Å². The van der Waals surface area contributed by atoms with Crippen LogP contribution in [0.4, 0.5) is 0 Å². The summed E-state index contributed by atoms with van der Waals surface area (Å²) in [4.78, 5) is 4.43. The largest absolute Gasteiger partial charge is 0.495 e. The number of benzene rings is 1. The molecule has 1 fully saturated rings. The summed E-state index contributed by atoms with van der Waals surface area (Å²) in [5.74, 6) is 0.674. The smallest absolute Gasteiger partial charge is 0.494 e. The summed E-state index contributed by atoms with van der Waals surface area (Å²) in [5.41, 5.74) is 2.50. The van der Waals surface area contributed by atoms with Gasteiger partial charge in [-0.15, -0.1) is 0 Å². The third kappa shape index (κ3) is 2.21. The van der Waals surface area contributed by atoms with Crippen LogP contribution < -0.4 is 10.2 Å². The highest BCUT2D eigenvalue weighted by Gasteiger charge is 2.51. The molecule has 1 saturated heterocycles. The van der Waals surface area contributed by atoms with Crippen molar-refractivity contribution >= 4 is 34.7 Å². The number of ether oxygens (including phenoxy) is 1. The van der Waals surface area contributed by atoms with E-state index >= 15 is 0 Å². The third-order valence-electron chi connectivity index (χ3n) is 5.07. The molecule has 24 heavy (non-hydrogen) atoms. The van der Waals surface area contributed by atoms with Crippen molar-refractivity contribution in [3.8, 4) is 5.75 Å². The van der Waals surface area contributed by atoms with Crippen molar-refractivity contribution in [2.75, 3.05) is 7.11 Å². The predicted molar refractivity (Wildman–Crippen MR) is 93.8 cm³/mol. The summed E-state index contributed by atoms with van der Waals surface area (Å²) in [5, 5.41) is 0.966. The SMILES string of the molecule is COc1cnc2c(c1)oc1cc(B3OC(C)(C)C(C)(C)O3)ccc12. The minimum atomic E-state index is -0.407. The molecule has 6 heteroatoms. The predicted octanol–water partition coefficient (Wildman–Crippen LogP) is 3.29. The first-order chi connectivity index (χ1) is 11.3. The summed E-state index contributed by atoms with van der Waals surface area (Å²) in [6, 6.07) is 7.81. The maximum Gasteiger partial charge on any atom is 0.494 e. The van der Waals surface area contributed by atoms with Crippen molar-refractivity contribution in [1.82, 2.24) is 4.98 Å². The van der Waals surface area contributed by atoms with Crippen LogP contribution in [0.15, 0.2) is 34.9 Å². The monoisotopic (exact) mass is 325 g/mol.